The molecule has 0 fully saturated rings. The summed E-state index contributed by atoms with van der Waals surface area (Å²) in [6.45, 7) is 0. The Labute approximate surface area is 117 Å². The van der Waals surface area contributed by atoms with Crippen LogP contribution in [0.1, 0.15) is 10.5 Å². The molecule has 1 amide bonds. The lowest BCUT2D eigenvalue weighted by atomic mass is 10.3. The highest BCUT2D eigenvalue weighted by molar-refractivity contribution is 7.22. The molecule has 0 saturated heterocycles. The Bertz CT molecular complexity index is 764. The lowest BCUT2D eigenvalue weighted by Gasteiger charge is -2.00. The van der Waals surface area contributed by atoms with E-state index in [0.717, 1.165) is 10.2 Å². The molecule has 0 unspecified atom stereocenters. The van der Waals surface area contributed by atoms with Gasteiger partial charge in [0.1, 0.15) is 5.69 Å². The summed E-state index contributed by atoms with van der Waals surface area (Å²) in [5, 5.41) is 7.91. The highest BCUT2D eigenvalue weighted by Crippen LogP contribution is 2.28. The van der Waals surface area contributed by atoms with Crippen molar-refractivity contribution in [3.05, 3.63) is 41.2 Å². The molecule has 0 spiro atoms. The molecule has 3 aromatic rings. The van der Waals surface area contributed by atoms with Gasteiger partial charge >= 0.3 is 0 Å². The van der Waals surface area contributed by atoms with Crippen LogP contribution in [0.3, 0.4) is 0 Å². The van der Waals surface area contributed by atoms with Crippen LogP contribution in [0, 0.1) is 0 Å². The van der Waals surface area contributed by atoms with Crippen LogP contribution in [0.4, 0.5) is 5.13 Å². The van der Waals surface area contributed by atoms with Crippen molar-refractivity contribution in [1.82, 2.24) is 14.8 Å². The summed E-state index contributed by atoms with van der Waals surface area (Å²) < 4.78 is 2.45. The summed E-state index contributed by atoms with van der Waals surface area (Å²) in [5.74, 6) is -0.231. The van der Waals surface area contributed by atoms with Crippen LogP contribution < -0.4 is 5.32 Å². The summed E-state index contributed by atoms with van der Waals surface area (Å²) >= 11 is 7.30. The molecule has 7 heteroatoms. The Hall–Kier alpha value is -1.92. The molecule has 96 valence electrons. The molecule has 0 aliphatic heterocycles. The minimum atomic E-state index is -0.231. The number of aromatic nitrogens is 3. The average Bonchev–Trinajstić information content (AvgIpc) is 2.94. The molecule has 1 N–H and O–H groups in total. The van der Waals surface area contributed by atoms with Crippen molar-refractivity contribution in [2.45, 2.75) is 0 Å². The van der Waals surface area contributed by atoms with Gasteiger partial charge in [-0.1, -0.05) is 22.9 Å². The number of nitrogens with one attached hydrogen (secondary N) is 1. The van der Waals surface area contributed by atoms with Gasteiger partial charge in [0, 0.05) is 18.3 Å². The second kappa shape index (κ2) is 4.64. The minimum absolute atomic E-state index is 0.231. The highest BCUT2D eigenvalue weighted by atomic mass is 35.5. The zero-order chi connectivity index (χ0) is 13.4. The number of benzene rings is 1. The van der Waals surface area contributed by atoms with E-state index < -0.39 is 0 Å². The van der Waals surface area contributed by atoms with E-state index >= 15 is 0 Å². The Morgan fingerprint density at radius 3 is 3.00 bits per heavy atom. The van der Waals surface area contributed by atoms with Crippen LogP contribution in [0.2, 0.25) is 5.02 Å². The normalized spacial score (nSPS) is 10.8. The molecule has 1 aromatic carbocycles. The summed E-state index contributed by atoms with van der Waals surface area (Å²) in [6.07, 6.45) is 1.58. The van der Waals surface area contributed by atoms with Gasteiger partial charge in [0.2, 0.25) is 0 Å². The van der Waals surface area contributed by atoms with Gasteiger partial charge in [-0.3, -0.25) is 14.8 Å². The van der Waals surface area contributed by atoms with E-state index in [-0.39, 0.29) is 5.91 Å². The van der Waals surface area contributed by atoms with Crippen LogP contribution >= 0.6 is 22.9 Å². The molecule has 0 saturated carbocycles. The SMILES string of the molecule is Cn1nccc1C(=O)Nc1nc2ccc(Cl)cc2s1. The summed E-state index contributed by atoms with van der Waals surface area (Å²) in [5.41, 5.74) is 1.30. The monoisotopic (exact) mass is 292 g/mol. The molecule has 2 heterocycles. The maximum atomic E-state index is 12.0. The number of anilines is 1. The molecule has 5 nitrogen and oxygen atoms in total. The van der Waals surface area contributed by atoms with Gasteiger partial charge in [0.25, 0.3) is 5.91 Å². The largest absolute Gasteiger partial charge is 0.296 e. The number of carbonyl (C=O) groups is 1. The first-order valence-electron chi connectivity index (χ1n) is 5.49. The first kappa shape index (κ1) is 12.1. The van der Waals surface area contributed by atoms with E-state index in [9.17, 15) is 4.79 Å². The standard InChI is InChI=1S/C12H9ClN4OS/c1-17-9(4-5-14-17)11(18)16-12-15-8-3-2-7(13)6-10(8)19-12/h2-6H,1H3,(H,15,16,18). The number of hydrogen-bond donors (Lipinski definition) is 1. The summed E-state index contributed by atoms with van der Waals surface area (Å²) in [7, 11) is 1.72. The predicted octanol–water partition coefficient (Wildman–Crippen LogP) is 2.94. The van der Waals surface area contributed by atoms with Crippen molar-refractivity contribution in [2.75, 3.05) is 5.32 Å². The molecule has 0 aliphatic carbocycles. The van der Waals surface area contributed by atoms with E-state index in [1.54, 1.807) is 25.4 Å². The van der Waals surface area contributed by atoms with Crippen LogP contribution in [0.5, 0.6) is 0 Å². The molecular weight excluding hydrogens is 284 g/mol. The van der Waals surface area contributed by atoms with E-state index in [0.29, 0.717) is 15.8 Å². The molecule has 3 rings (SSSR count). The van der Waals surface area contributed by atoms with E-state index in [4.69, 9.17) is 11.6 Å². The van der Waals surface area contributed by atoms with Gasteiger partial charge in [-0.25, -0.2) is 4.98 Å². The second-order valence-electron chi connectivity index (χ2n) is 3.93. The fourth-order valence-electron chi connectivity index (χ4n) is 1.71. The Morgan fingerprint density at radius 1 is 1.42 bits per heavy atom. The maximum Gasteiger partial charge on any atom is 0.275 e. The summed E-state index contributed by atoms with van der Waals surface area (Å²) in [4.78, 5) is 16.3. The second-order valence-corrected chi connectivity index (χ2v) is 5.39. The average molecular weight is 293 g/mol. The quantitative estimate of drug-likeness (QED) is 0.790. The van der Waals surface area contributed by atoms with Crippen LogP contribution in [0.25, 0.3) is 10.2 Å². The number of halogens is 1. The van der Waals surface area contributed by atoms with Gasteiger partial charge in [-0.05, 0) is 24.3 Å². The topological polar surface area (TPSA) is 59.8 Å². The molecule has 0 bridgehead atoms. The minimum Gasteiger partial charge on any atom is -0.296 e. The number of thiazole rings is 1. The first-order valence-corrected chi connectivity index (χ1v) is 6.68. The van der Waals surface area contributed by atoms with Crippen molar-refractivity contribution in [3.8, 4) is 0 Å². The van der Waals surface area contributed by atoms with Crippen molar-refractivity contribution in [1.29, 1.82) is 0 Å². The zero-order valence-electron chi connectivity index (χ0n) is 9.92. The number of rotatable bonds is 2. The smallest absolute Gasteiger partial charge is 0.275 e. The Balaban J connectivity index is 1.89. The van der Waals surface area contributed by atoms with Crippen LogP contribution in [0.15, 0.2) is 30.5 Å². The van der Waals surface area contributed by atoms with Crippen molar-refractivity contribution in [3.63, 3.8) is 0 Å². The molecule has 2 aromatic heterocycles. The maximum absolute atomic E-state index is 12.0. The fourth-order valence-corrected chi connectivity index (χ4v) is 2.85. The number of carbonyl (C=O) groups excluding carboxylic acids is 1. The van der Waals surface area contributed by atoms with Gasteiger partial charge in [0.05, 0.1) is 10.2 Å². The van der Waals surface area contributed by atoms with E-state index in [1.807, 2.05) is 12.1 Å². The number of hydrogen-bond acceptors (Lipinski definition) is 4. The van der Waals surface area contributed by atoms with Crippen molar-refractivity contribution < 1.29 is 4.79 Å². The van der Waals surface area contributed by atoms with Crippen LogP contribution in [-0.2, 0) is 7.05 Å². The van der Waals surface area contributed by atoms with E-state index in [1.165, 1.54) is 16.0 Å². The molecular formula is C12H9ClN4OS. The third kappa shape index (κ3) is 2.32. The Kier molecular flexibility index (Phi) is 2.96. The number of fused-ring (bicyclic) bond motifs is 1. The third-order valence-corrected chi connectivity index (χ3v) is 3.79. The molecule has 0 aliphatic rings. The molecule has 19 heavy (non-hydrogen) atoms. The Morgan fingerprint density at radius 2 is 2.26 bits per heavy atom. The van der Waals surface area contributed by atoms with Crippen LogP contribution in [-0.4, -0.2) is 20.7 Å². The third-order valence-electron chi connectivity index (χ3n) is 2.62. The van der Waals surface area contributed by atoms with Crippen molar-refractivity contribution in [2.24, 2.45) is 7.05 Å². The number of amides is 1. The van der Waals surface area contributed by atoms with Crippen molar-refractivity contribution >= 4 is 44.2 Å². The number of nitrogens with zero attached hydrogens (tertiary/aromatic N) is 3. The van der Waals surface area contributed by atoms with Gasteiger partial charge < -0.3 is 0 Å². The molecule has 0 atom stereocenters. The van der Waals surface area contributed by atoms with E-state index in [2.05, 4.69) is 15.4 Å². The highest BCUT2D eigenvalue weighted by Gasteiger charge is 2.12. The zero-order valence-corrected chi connectivity index (χ0v) is 11.5. The van der Waals surface area contributed by atoms with Gasteiger partial charge in [-0.2, -0.15) is 5.10 Å². The summed E-state index contributed by atoms with van der Waals surface area (Å²) in [6, 6.07) is 7.08. The van der Waals surface area contributed by atoms with Gasteiger partial charge in [-0.15, -0.1) is 0 Å². The lowest BCUT2D eigenvalue weighted by Crippen LogP contribution is -2.15. The molecule has 0 radical (unpaired) electrons. The predicted molar refractivity (Wildman–Crippen MR) is 75.8 cm³/mol. The first-order chi connectivity index (χ1) is 9.13. The fraction of sp³-hybridized carbons (Fsp3) is 0.0833. The van der Waals surface area contributed by atoms with Gasteiger partial charge in [0.15, 0.2) is 5.13 Å². The lowest BCUT2D eigenvalue weighted by molar-refractivity contribution is 0.101. The number of aryl methyl sites for hydroxylation is 1.